The van der Waals surface area contributed by atoms with Crippen molar-refractivity contribution in [2.24, 2.45) is 0 Å². The number of thiazole rings is 1. The van der Waals surface area contributed by atoms with Gasteiger partial charge >= 0.3 is 0 Å². The minimum absolute atomic E-state index is 0.248. The predicted octanol–water partition coefficient (Wildman–Crippen LogP) is 1.48. The Kier molecular flexibility index (Phi) is 2.79. The molecule has 0 radical (unpaired) electrons. The third-order valence-corrected chi connectivity index (χ3v) is 2.78. The molecule has 2 heterocycles. The van der Waals surface area contributed by atoms with E-state index < -0.39 is 6.10 Å². The highest BCUT2D eigenvalue weighted by atomic mass is 32.1. The van der Waals surface area contributed by atoms with E-state index in [1.54, 1.807) is 18.3 Å². The van der Waals surface area contributed by atoms with Gasteiger partial charge in [0.25, 0.3) is 5.89 Å². The summed E-state index contributed by atoms with van der Waals surface area (Å²) in [7, 11) is 0. The molecule has 1 unspecified atom stereocenters. The number of aliphatic hydroxyl groups is 1. The summed E-state index contributed by atoms with van der Waals surface area (Å²) in [5.74, 6) is 0.804. The second-order valence-electron chi connectivity index (χ2n) is 3.28. The van der Waals surface area contributed by atoms with Gasteiger partial charge in [0.1, 0.15) is 11.1 Å². The van der Waals surface area contributed by atoms with Crippen molar-refractivity contribution < 1.29 is 9.63 Å². The molecule has 2 aromatic rings. The normalized spacial score (nSPS) is 13.0. The molecule has 0 aliphatic rings. The molecule has 0 saturated carbocycles. The van der Waals surface area contributed by atoms with Crippen molar-refractivity contribution in [2.45, 2.75) is 26.4 Å². The number of aryl methyl sites for hydroxylation is 1. The Morgan fingerprint density at radius 1 is 1.53 bits per heavy atom. The zero-order valence-electron chi connectivity index (χ0n) is 8.47. The molecule has 0 spiro atoms. The minimum atomic E-state index is -0.718. The van der Waals surface area contributed by atoms with Crippen LogP contribution in [-0.4, -0.2) is 20.2 Å². The van der Waals surface area contributed by atoms with E-state index in [2.05, 4.69) is 15.1 Å². The van der Waals surface area contributed by atoms with E-state index in [1.807, 2.05) is 12.3 Å². The van der Waals surface area contributed by atoms with Crippen molar-refractivity contribution in [3.63, 3.8) is 0 Å². The highest BCUT2D eigenvalue weighted by molar-refractivity contribution is 7.09. The smallest absolute Gasteiger partial charge is 0.255 e. The standard InChI is InChI=1S/C9H11N3O2S/c1-5-4-15-8(10-5)3-7-11-9(6(2)13)14-12-7/h4,6,13H,3H2,1-2H3. The van der Waals surface area contributed by atoms with E-state index in [0.717, 1.165) is 10.7 Å². The van der Waals surface area contributed by atoms with Crippen molar-refractivity contribution in [1.29, 1.82) is 0 Å². The summed E-state index contributed by atoms with van der Waals surface area (Å²) in [6, 6.07) is 0. The van der Waals surface area contributed by atoms with Crippen LogP contribution in [0.15, 0.2) is 9.90 Å². The fourth-order valence-corrected chi connectivity index (χ4v) is 1.90. The molecule has 1 N–H and O–H groups in total. The summed E-state index contributed by atoms with van der Waals surface area (Å²) in [5.41, 5.74) is 0.995. The second-order valence-corrected chi connectivity index (χ2v) is 4.23. The average molecular weight is 225 g/mol. The van der Waals surface area contributed by atoms with Crippen LogP contribution in [0, 0.1) is 6.92 Å². The Hall–Kier alpha value is -1.27. The van der Waals surface area contributed by atoms with E-state index in [0.29, 0.717) is 12.2 Å². The lowest BCUT2D eigenvalue weighted by molar-refractivity contribution is 0.151. The van der Waals surface area contributed by atoms with E-state index in [-0.39, 0.29) is 5.89 Å². The van der Waals surface area contributed by atoms with Crippen LogP contribution in [0.2, 0.25) is 0 Å². The summed E-state index contributed by atoms with van der Waals surface area (Å²) in [6.07, 6.45) is -0.168. The number of aliphatic hydroxyl groups excluding tert-OH is 1. The number of hydrogen-bond donors (Lipinski definition) is 1. The molecule has 0 aliphatic heterocycles. The summed E-state index contributed by atoms with van der Waals surface area (Å²) in [4.78, 5) is 8.35. The molecule has 2 aromatic heterocycles. The van der Waals surface area contributed by atoms with Crippen LogP contribution in [0.4, 0.5) is 0 Å². The molecule has 80 valence electrons. The molecule has 5 nitrogen and oxygen atoms in total. The highest BCUT2D eigenvalue weighted by Crippen LogP contribution is 2.14. The Labute approximate surface area is 90.8 Å². The molecule has 0 saturated heterocycles. The summed E-state index contributed by atoms with van der Waals surface area (Å²) in [5, 5.41) is 15.9. The zero-order chi connectivity index (χ0) is 10.8. The van der Waals surface area contributed by atoms with Crippen LogP contribution in [0.3, 0.4) is 0 Å². The van der Waals surface area contributed by atoms with Gasteiger partial charge in [-0.15, -0.1) is 11.3 Å². The fraction of sp³-hybridized carbons (Fsp3) is 0.444. The lowest BCUT2D eigenvalue weighted by Crippen LogP contribution is -1.93. The van der Waals surface area contributed by atoms with Gasteiger partial charge in [-0.1, -0.05) is 5.16 Å². The van der Waals surface area contributed by atoms with Crippen molar-refractivity contribution in [3.05, 3.63) is 27.8 Å². The van der Waals surface area contributed by atoms with Crippen molar-refractivity contribution in [2.75, 3.05) is 0 Å². The van der Waals surface area contributed by atoms with Gasteiger partial charge in [-0.05, 0) is 13.8 Å². The van der Waals surface area contributed by atoms with Crippen LogP contribution < -0.4 is 0 Å². The number of nitrogens with zero attached hydrogens (tertiary/aromatic N) is 3. The van der Waals surface area contributed by atoms with Gasteiger partial charge in [0, 0.05) is 11.1 Å². The first kappa shape index (κ1) is 10.3. The number of rotatable bonds is 3. The van der Waals surface area contributed by atoms with E-state index >= 15 is 0 Å². The van der Waals surface area contributed by atoms with Gasteiger partial charge in [-0.2, -0.15) is 4.98 Å². The zero-order valence-corrected chi connectivity index (χ0v) is 9.28. The van der Waals surface area contributed by atoms with Gasteiger partial charge in [0.15, 0.2) is 5.82 Å². The average Bonchev–Trinajstić information content (AvgIpc) is 2.76. The summed E-state index contributed by atoms with van der Waals surface area (Å²) < 4.78 is 4.87. The van der Waals surface area contributed by atoms with Crippen molar-refractivity contribution in [3.8, 4) is 0 Å². The Balaban J connectivity index is 2.11. The molecule has 0 amide bonds. The molecular weight excluding hydrogens is 214 g/mol. The monoisotopic (exact) mass is 225 g/mol. The topological polar surface area (TPSA) is 72.0 Å². The Morgan fingerprint density at radius 2 is 2.33 bits per heavy atom. The fourth-order valence-electron chi connectivity index (χ4n) is 1.13. The third-order valence-electron chi connectivity index (χ3n) is 1.82. The molecule has 0 aromatic carbocycles. The number of aromatic nitrogens is 3. The maximum Gasteiger partial charge on any atom is 0.255 e. The Morgan fingerprint density at radius 3 is 2.87 bits per heavy atom. The van der Waals surface area contributed by atoms with Gasteiger partial charge < -0.3 is 9.63 Å². The minimum Gasteiger partial charge on any atom is -0.384 e. The van der Waals surface area contributed by atoms with Crippen LogP contribution >= 0.6 is 11.3 Å². The molecule has 15 heavy (non-hydrogen) atoms. The Bertz CT molecular complexity index is 450. The van der Waals surface area contributed by atoms with Crippen LogP contribution in [0.5, 0.6) is 0 Å². The van der Waals surface area contributed by atoms with Crippen LogP contribution in [0.25, 0.3) is 0 Å². The largest absolute Gasteiger partial charge is 0.384 e. The van der Waals surface area contributed by atoms with Gasteiger partial charge in [0.2, 0.25) is 0 Å². The van der Waals surface area contributed by atoms with Crippen LogP contribution in [-0.2, 0) is 6.42 Å². The van der Waals surface area contributed by atoms with Gasteiger partial charge in [0.05, 0.1) is 6.42 Å². The maximum absolute atomic E-state index is 9.20. The van der Waals surface area contributed by atoms with E-state index in [4.69, 9.17) is 4.52 Å². The first-order valence-corrected chi connectivity index (χ1v) is 5.44. The first-order valence-electron chi connectivity index (χ1n) is 4.56. The van der Waals surface area contributed by atoms with E-state index in [1.165, 1.54) is 0 Å². The second kappa shape index (κ2) is 4.08. The summed E-state index contributed by atoms with van der Waals surface area (Å²) >= 11 is 1.57. The summed E-state index contributed by atoms with van der Waals surface area (Å²) in [6.45, 7) is 3.53. The molecule has 6 heteroatoms. The van der Waals surface area contributed by atoms with Crippen LogP contribution in [0.1, 0.15) is 35.4 Å². The lowest BCUT2D eigenvalue weighted by Gasteiger charge is -1.91. The highest BCUT2D eigenvalue weighted by Gasteiger charge is 2.12. The molecule has 2 rings (SSSR count). The first-order chi connectivity index (χ1) is 7.15. The molecule has 0 aliphatic carbocycles. The molecule has 0 bridgehead atoms. The van der Waals surface area contributed by atoms with Gasteiger partial charge in [-0.25, -0.2) is 4.98 Å². The van der Waals surface area contributed by atoms with Crippen molar-refractivity contribution >= 4 is 11.3 Å². The predicted molar refractivity (Wildman–Crippen MR) is 54.6 cm³/mol. The van der Waals surface area contributed by atoms with Gasteiger partial charge in [-0.3, -0.25) is 0 Å². The molecule has 0 fully saturated rings. The molecular formula is C9H11N3O2S. The SMILES string of the molecule is Cc1csc(Cc2noc(C(C)O)n2)n1. The quantitative estimate of drug-likeness (QED) is 0.856. The number of hydrogen-bond acceptors (Lipinski definition) is 6. The third kappa shape index (κ3) is 2.40. The van der Waals surface area contributed by atoms with E-state index in [9.17, 15) is 5.11 Å². The maximum atomic E-state index is 9.20. The lowest BCUT2D eigenvalue weighted by atomic mass is 10.4. The molecule has 1 atom stereocenters. The van der Waals surface area contributed by atoms with Crippen molar-refractivity contribution in [1.82, 2.24) is 15.1 Å².